The molecule has 1 aromatic carbocycles. The molecule has 1 aliphatic heterocycles. The molecule has 2 aromatic heterocycles. The van der Waals surface area contributed by atoms with Crippen LogP contribution < -0.4 is 5.32 Å². The van der Waals surface area contributed by atoms with Gasteiger partial charge in [0.2, 0.25) is 0 Å². The Labute approximate surface area is 149 Å². The van der Waals surface area contributed by atoms with Crippen molar-refractivity contribution in [2.75, 3.05) is 18.4 Å². The highest BCUT2D eigenvalue weighted by atomic mass is 15.1. The zero-order chi connectivity index (χ0) is 17.1. The van der Waals surface area contributed by atoms with Crippen molar-refractivity contribution < 1.29 is 0 Å². The van der Waals surface area contributed by atoms with Gasteiger partial charge < -0.3 is 10.3 Å². The molecule has 4 heteroatoms. The summed E-state index contributed by atoms with van der Waals surface area (Å²) in [6.07, 6.45) is 6.51. The minimum atomic E-state index is 0.805. The Balaban J connectivity index is 1.36. The number of benzene rings is 1. The number of anilines is 1. The van der Waals surface area contributed by atoms with E-state index in [0.29, 0.717) is 0 Å². The highest BCUT2D eigenvalue weighted by molar-refractivity contribution is 5.79. The van der Waals surface area contributed by atoms with E-state index in [-0.39, 0.29) is 0 Å². The van der Waals surface area contributed by atoms with Crippen molar-refractivity contribution in [2.24, 2.45) is 5.92 Å². The molecule has 0 bridgehead atoms. The van der Waals surface area contributed by atoms with E-state index in [2.05, 4.69) is 63.5 Å². The number of H-pyrrole nitrogens is 1. The molecule has 0 radical (unpaired) electrons. The Hall–Kier alpha value is -2.33. The molecule has 130 valence electrons. The van der Waals surface area contributed by atoms with E-state index >= 15 is 0 Å². The van der Waals surface area contributed by atoms with Gasteiger partial charge in [0, 0.05) is 43.1 Å². The van der Waals surface area contributed by atoms with E-state index in [1.54, 1.807) is 0 Å². The third-order valence-corrected chi connectivity index (χ3v) is 5.13. The minimum Gasteiger partial charge on any atom is -0.381 e. The van der Waals surface area contributed by atoms with Gasteiger partial charge in [-0.15, -0.1) is 0 Å². The summed E-state index contributed by atoms with van der Waals surface area (Å²) in [5.41, 5.74) is 4.77. The maximum absolute atomic E-state index is 4.34. The molecule has 1 fully saturated rings. The lowest BCUT2D eigenvalue weighted by Crippen LogP contribution is -2.33. The van der Waals surface area contributed by atoms with Gasteiger partial charge in [-0.05, 0) is 60.7 Å². The smallest absolute Gasteiger partial charge is 0.137 e. The van der Waals surface area contributed by atoms with Crippen LogP contribution in [0.15, 0.2) is 48.8 Å². The second-order valence-corrected chi connectivity index (χ2v) is 7.24. The number of pyridine rings is 1. The first kappa shape index (κ1) is 16.2. The summed E-state index contributed by atoms with van der Waals surface area (Å²) in [7, 11) is 0. The maximum atomic E-state index is 4.34. The largest absolute Gasteiger partial charge is 0.381 e. The van der Waals surface area contributed by atoms with Crippen molar-refractivity contribution in [2.45, 2.75) is 32.9 Å². The van der Waals surface area contributed by atoms with Crippen LogP contribution in [-0.4, -0.2) is 28.0 Å². The molecule has 3 aromatic rings. The maximum Gasteiger partial charge on any atom is 0.137 e. The number of likely N-dealkylation sites (tertiary alicyclic amines) is 1. The fourth-order valence-corrected chi connectivity index (χ4v) is 3.79. The van der Waals surface area contributed by atoms with Gasteiger partial charge in [0.05, 0.1) is 0 Å². The number of rotatable bonds is 5. The van der Waals surface area contributed by atoms with Crippen molar-refractivity contribution in [3.8, 4) is 0 Å². The number of aromatic amines is 1. The molecule has 1 unspecified atom stereocenters. The van der Waals surface area contributed by atoms with Gasteiger partial charge in [-0.3, -0.25) is 4.90 Å². The quantitative estimate of drug-likeness (QED) is 0.726. The molecule has 0 spiro atoms. The van der Waals surface area contributed by atoms with E-state index in [1.165, 1.54) is 42.4 Å². The number of hydrogen-bond donors (Lipinski definition) is 2. The Morgan fingerprint density at radius 2 is 2.08 bits per heavy atom. The van der Waals surface area contributed by atoms with Gasteiger partial charge in [0.25, 0.3) is 0 Å². The van der Waals surface area contributed by atoms with Crippen LogP contribution in [0.1, 0.15) is 30.9 Å². The number of nitrogens with zero attached hydrogens (tertiary/aromatic N) is 2. The topological polar surface area (TPSA) is 44.0 Å². The van der Waals surface area contributed by atoms with Crippen molar-refractivity contribution in [3.05, 3.63) is 59.9 Å². The van der Waals surface area contributed by atoms with Crippen LogP contribution in [0.4, 0.5) is 5.69 Å². The third-order valence-electron chi connectivity index (χ3n) is 5.13. The Bertz CT molecular complexity index is 821. The SMILES string of the molecule is CC1CCCN(Cc2ccc(NCc3ccnc4[nH]ccc34)cc2)C1. The van der Waals surface area contributed by atoms with Gasteiger partial charge >= 0.3 is 0 Å². The number of piperidine rings is 1. The highest BCUT2D eigenvalue weighted by Gasteiger charge is 2.16. The molecule has 25 heavy (non-hydrogen) atoms. The van der Waals surface area contributed by atoms with E-state index in [0.717, 1.165) is 30.3 Å². The van der Waals surface area contributed by atoms with E-state index in [9.17, 15) is 0 Å². The van der Waals surface area contributed by atoms with Crippen molar-refractivity contribution in [1.82, 2.24) is 14.9 Å². The van der Waals surface area contributed by atoms with E-state index < -0.39 is 0 Å². The van der Waals surface area contributed by atoms with Crippen LogP contribution >= 0.6 is 0 Å². The molecule has 0 amide bonds. The van der Waals surface area contributed by atoms with Crippen molar-refractivity contribution in [3.63, 3.8) is 0 Å². The average Bonchev–Trinajstić information content (AvgIpc) is 3.10. The van der Waals surface area contributed by atoms with E-state index in [1.807, 2.05) is 12.4 Å². The van der Waals surface area contributed by atoms with Crippen LogP contribution in [0.3, 0.4) is 0 Å². The summed E-state index contributed by atoms with van der Waals surface area (Å²) in [4.78, 5) is 10.1. The lowest BCUT2D eigenvalue weighted by atomic mass is 10.00. The molecule has 1 aliphatic rings. The number of aromatic nitrogens is 2. The van der Waals surface area contributed by atoms with Crippen LogP contribution in [-0.2, 0) is 13.1 Å². The predicted molar refractivity (Wildman–Crippen MR) is 104 cm³/mol. The fraction of sp³-hybridized carbons (Fsp3) is 0.381. The molecule has 3 heterocycles. The summed E-state index contributed by atoms with van der Waals surface area (Å²) in [5.74, 6) is 0.834. The Kier molecular flexibility index (Phi) is 4.70. The first-order valence-electron chi connectivity index (χ1n) is 9.24. The second kappa shape index (κ2) is 7.28. The lowest BCUT2D eigenvalue weighted by molar-refractivity contribution is 0.176. The summed E-state index contributed by atoms with van der Waals surface area (Å²) in [6.45, 7) is 6.70. The molecule has 0 aliphatic carbocycles. The monoisotopic (exact) mass is 334 g/mol. The molecular weight excluding hydrogens is 308 g/mol. The second-order valence-electron chi connectivity index (χ2n) is 7.24. The molecule has 4 nitrogen and oxygen atoms in total. The van der Waals surface area contributed by atoms with Gasteiger partial charge in [-0.25, -0.2) is 4.98 Å². The fourth-order valence-electron chi connectivity index (χ4n) is 3.79. The van der Waals surface area contributed by atoms with Crippen LogP contribution in [0.2, 0.25) is 0 Å². The van der Waals surface area contributed by atoms with Crippen LogP contribution in [0.25, 0.3) is 11.0 Å². The average molecular weight is 334 g/mol. The summed E-state index contributed by atoms with van der Waals surface area (Å²) in [5, 5.41) is 4.71. The molecular formula is C21H26N4. The summed E-state index contributed by atoms with van der Waals surface area (Å²) < 4.78 is 0. The van der Waals surface area contributed by atoms with Gasteiger partial charge in [-0.2, -0.15) is 0 Å². The number of nitrogens with one attached hydrogen (secondary N) is 2. The normalized spacial score (nSPS) is 18.5. The van der Waals surface area contributed by atoms with Crippen molar-refractivity contribution in [1.29, 1.82) is 0 Å². The first-order chi connectivity index (χ1) is 12.3. The number of hydrogen-bond acceptors (Lipinski definition) is 3. The van der Waals surface area contributed by atoms with Gasteiger partial charge in [0.15, 0.2) is 0 Å². The van der Waals surface area contributed by atoms with Gasteiger partial charge in [0.1, 0.15) is 5.65 Å². The molecule has 2 N–H and O–H groups in total. The standard InChI is InChI=1S/C21H26N4/c1-16-3-2-12-25(14-16)15-17-4-6-19(7-5-17)24-13-18-8-10-22-21-20(18)9-11-23-21/h4-11,16,24H,2-3,12-15H2,1H3,(H,22,23). The van der Waals surface area contributed by atoms with E-state index in [4.69, 9.17) is 0 Å². The molecule has 1 saturated heterocycles. The lowest BCUT2D eigenvalue weighted by Gasteiger charge is -2.30. The summed E-state index contributed by atoms with van der Waals surface area (Å²) in [6, 6.07) is 13.0. The zero-order valence-corrected chi connectivity index (χ0v) is 14.8. The predicted octanol–water partition coefficient (Wildman–Crippen LogP) is 4.41. The van der Waals surface area contributed by atoms with Crippen molar-refractivity contribution >= 4 is 16.7 Å². The Morgan fingerprint density at radius 3 is 2.92 bits per heavy atom. The minimum absolute atomic E-state index is 0.805. The third kappa shape index (κ3) is 3.85. The van der Waals surface area contributed by atoms with Gasteiger partial charge in [-0.1, -0.05) is 19.1 Å². The first-order valence-corrected chi connectivity index (χ1v) is 9.24. The molecule has 0 saturated carbocycles. The number of fused-ring (bicyclic) bond motifs is 1. The zero-order valence-electron chi connectivity index (χ0n) is 14.8. The highest BCUT2D eigenvalue weighted by Crippen LogP contribution is 2.20. The van der Waals surface area contributed by atoms with Crippen LogP contribution in [0, 0.1) is 5.92 Å². The van der Waals surface area contributed by atoms with Crippen LogP contribution in [0.5, 0.6) is 0 Å². The Morgan fingerprint density at radius 1 is 1.20 bits per heavy atom. The summed E-state index contributed by atoms with van der Waals surface area (Å²) >= 11 is 0. The molecule has 4 rings (SSSR count). The molecule has 1 atom stereocenters.